The summed E-state index contributed by atoms with van der Waals surface area (Å²) in [6.45, 7) is 1.39. The maximum Gasteiger partial charge on any atom is 0.306 e. The molecule has 0 bridgehead atoms. The Labute approximate surface area is 110 Å². The average Bonchev–Trinajstić information content (AvgIpc) is 2.63. The standard InChI is InChI=1S/C9H7F2N3O3S2/c1-4-8(18-9(15)12-4)19(16,17)14-5-2-3-6(10)13-7(5)11/h2-3,14H,1H3,(H,12,15). The molecule has 0 aromatic carbocycles. The van der Waals surface area contributed by atoms with Gasteiger partial charge in [0.2, 0.25) is 11.9 Å². The summed E-state index contributed by atoms with van der Waals surface area (Å²) in [7, 11) is -4.12. The molecular formula is C9H7F2N3O3S2. The number of thiazole rings is 1. The average molecular weight is 307 g/mol. The van der Waals surface area contributed by atoms with Gasteiger partial charge in [-0.25, -0.2) is 8.42 Å². The molecule has 0 unspecified atom stereocenters. The van der Waals surface area contributed by atoms with Crippen LogP contribution in [0.25, 0.3) is 0 Å². The quantitative estimate of drug-likeness (QED) is 0.834. The van der Waals surface area contributed by atoms with Gasteiger partial charge in [0.15, 0.2) is 4.21 Å². The zero-order valence-corrected chi connectivity index (χ0v) is 11.0. The Balaban J connectivity index is 2.42. The van der Waals surface area contributed by atoms with E-state index < -0.39 is 32.5 Å². The molecule has 0 radical (unpaired) electrons. The number of pyridine rings is 1. The third kappa shape index (κ3) is 2.79. The Hall–Kier alpha value is -1.81. The molecule has 0 saturated carbocycles. The van der Waals surface area contributed by atoms with Crippen molar-refractivity contribution in [2.75, 3.05) is 4.72 Å². The van der Waals surface area contributed by atoms with E-state index in [1.807, 2.05) is 4.72 Å². The zero-order chi connectivity index (χ0) is 14.2. The molecule has 102 valence electrons. The van der Waals surface area contributed by atoms with Gasteiger partial charge < -0.3 is 4.98 Å². The largest absolute Gasteiger partial charge is 0.315 e. The molecule has 0 saturated heterocycles. The van der Waals surface area contributed by atoms with Crippen molar-refractivity contribution in [3.8, 4) is 0 Å². The number of halogens is 2. The molecule has 2 aromatic rings. The highest BCUT2D eigenvalue weighted by Crippen LogP contribution is 2.21. The third-order valence-electron chi connectivity index (χ3n) is 2.08. The minimum absolute atomic E-state index is 0.137. The lowest BCUT2D eigenvalue weighted by Gasteiger charge is -2.06. The summed E-state index contributed by atoms with van der Waals surface area (Å²) >= 11 is 0.471. The van der Waals surface area contributed by atoms with Crippen LogP contribution in [0.3, 0.4) is 0 Å². The molecule has 19 heavy (non-hydrogen) atoms. The lowest BCUT2D eigenvalue weighted by Crippen LogP contribution is -2.14. The molecule has 0 spiro atoms. The Kier molecular flexibility index (Phi) is 3.37. The number of aryl methyl sites for hydroxylation is 1. The van der Waals surface area contributed by atoms with E-state index >= 15 is 0 Å². The van der Waals surface area contributed by atoms with Crippen LogP contribution in [0.15, 0.2) is 21.1 Å². The summed E-state index contributed by atoms with van der Waals surface area (Å²) in [6, 6.07) is 1.72. The van der Waals surface area contributed by atoms with Crippen LogP contribution >= 0.6 is 11.3 Å². The van der Waals surface area contributed by atoms with Gasteiger partial charge in [-0.05, 0) is 19.1 Å². The van der Waals surface area contributed by atoms with Crippen LogP contribution in [0.4, 0.5) is 14.5 Å². The first-order valence-corrected chi connectivity index (χ1v) is 7.14. The molecule has 0 fully saturated rings. The van der Waals surface area contributed by atoms with Crippen molar-refractivity contribution in [2.24, 2.45) is 0 Å². The molecule has 2 N–H and O–H groups in total. The fourth-order valence-electron chi connectivity index (χ4n) is 1.33. The highest BCUT2D eigenvalue weighted by molar-refractivity contribution is 7.94. The van der Waals surface area contributed by atoms with Gasteiger partial charge in [0.05, 0.1) is 0 Å². The van der Waals surface area contributed by atoms with Crippen LogP contribution in [0.2, 0.25) is 0 Å². The summed E-state index contributed by atoms with van der Waals surface area (Å²) in [6.07, 6.45) is 0. The van der Waals surface area contributed by atoms with Crippen LogP contribution in [0.5, 0.6) is 0 Å². The van der Waals surface area contributed by atoms with E-state index in [-0.39, 0.29) is 9.90 Å². The number of nitrogens with zero attached hydrogens (tertiary/aromatic N) is 1. The van der Waals surface area contributed by atoms with Gasteiger partial charge in [-0.2, -0.15) is 13.8 Å². The Morgan fingerprint density at radius 2 is 2.05 bits per heavy atom. The first-order valence-electron chi connectivity index (χ1n) is 4.84. The summed E-state index contributed by atoms with van der Waals surface area (Å²) in [5, 5.41) is 0. The number of H-pyrrole nitrogens is 1. The van der Waals surface area contributed by atoms with E-state index in [1.165, 1.54) is 6.92 Å². The predicted octanol–water partition coefficient (Wildman–Crippen LogP) is 1.22. The van der Waals surface area contributed by atoms with Gasteiger partial charge >= 0.3 is 4.87 Å². The van der Waals surface area contributed by atoms with E-state index in [4.69, 9.17) is 0 Å². The van der Waals surface area contributed by atoms with E-state index in [0.717, 1.165) is 12.1 Å². The van der Waals surface area contributed by atoms with Gasteiger partial charge in [-0.1, -0.05) is 11.3 Å². The van der Waals surface area contributed by atoms with Crippen molar-refractivity contribution >= 4 is 27.0 Å². The smallest absolute Gasteiger partial charge is 0.306 e. The lowest BCUT2D eigenvalue weighted by molar-refractivity contribution is 0.515. The molecule has 0 aliphatic rings. The van der Waals surface area contributed by atoms with Crippen molar-refractivity contribution < 1.29 is 17.2 Å². The normalized spacial score (nSPS) is 11.5. The number of aromatic amines is 1. The zero-order valence-electron chi connectivity index (χ0n) is 9.40. The lowest BCUT2D eigenvalue weighted by atomic mass is 10.4. The SMILES string of the molecule is Cc1[nH]c(=O)sc1S(=O)(=O)Nc1ccc(F)nc1F. The summed E-state index contributed by atoms with van der Waals surface area (Å²) in [4.78, 5) is 15.7. The summed E-state index contributed by atoms with van der Waals surface area (Å²) in [5.41, 5.74) is -0.361. The summed E-state index contributed by atoms with van der Waals surface area (Å²) in [5.74, 6) is -2.35. The third-order valence-corrected chi connectivity index (χ3v) is 5.05. The minimum atomic E-state index is -4.12. The number of aromatic nitrogens is 2. The summed E-state index contributed by atoms with van der Waals surface area (Å²) < 4.78 is 51.3. The fraction of sp³-hybridized carbons (Fsp3) is 0.111. The van der Waals surface area contributed by atoms with E-state index in [1.54, 1.807) is 0 Å². The van der Waals surface area contributed by atoms with Crippen LogP contribution in [-0.2, 0) is 10.0 Å². The van der Waals surface area contributed by atoms with Crippen molar-refractivity contribution in [2.45, 2.75) is 11.1 Å². The van der Waals surface area contributed by atoms with Crippen LogP contribution in [0, 0.1) is 18.8 Å². The minimum Gasteiger partial charge on any atom is -0.315 e. The van der Waals surface area contributed by atoms with Gasteiger partial charge in [0, 0.05) is 5.69 Å². The van der Waals surface area contributed by atoms with Crippen LogP contribution < -0.4 is 9.60 Å². The number of sulfonamides is 1. The first kappa shape index (κ1) is 13.6. The topological polar surface area (TPSA) is 91.9 Å². The molecule has 0 atom stereocenters. The molecule has 6 nitrogen and oxygen atoms in total. The van der Waals surface area contributed by atoms with Crippen molar-refractivity contribution in [1.29, 1.82) is 0 Å². The Morgan fingerprint density at radius 3 is 2.58 bits per heavy atom. The molecule has 0 aliphatic carbocycles. The van der Waals surface area contributed by atoms with Crippen molar-refractivity contribution in [3.63, 3.8) is 0 Å². The van der Waals surface area contributed by atoms with Gasteiger partial charge in [0.25, 0.3) is 10.0 Å². The number of rotatable bonds is 3. The van der Waals surface area contributed by atoms with Gasteiger partial charge in [-0.3, -0.25) is 9.52 Å². The van der Waals surface area contributed by atoms with Crippen molar-refractivity contribution in [1.82, 2.24) is 9.97 Å². The fourth-order valence-corrected chi connectivity index (χ4v) is 3.68. The second kappa shape index (κ2) is 4.70. The molecule has 0 amide bonds. The number of anilines is 1. The number of hydrogen-bond acceptors (Lipinski definition) is 5. The number of nitrogens with one attached hydrogen (secondary N) is 2. The van der Waals surface area contributed by atoms with Gasteiger partial charge in [0.1, 0.15) is 5.69 Å². The van der Waals surface area contributed by atoms with Crippen LogP contribution in [-0.4, -0.2) is 18.4 Å². The van der Waals surface area contributed by atoms with E-state index in [9.17, 15) is 22.0 Å². The molecule has 0 aliphatic heterocycles. The maximum atomic E-state index is 13.3. The van der Waals surface area contributed by atoms with Crippen molar-refractivity contribution in [3.05, 3.63) is 39.4 Å². The Morgan fingerprint density at radius 1 is 1.37 bits per heavy atom. The molecule has 2 rings (SSSR count). The Bertz CT molecular complexity index is 782. The number of hydrogen-bond donors (Lipinski definition) is 2. The highest BCUT2D eigenvalue weighted by Gasteiger charge is 2.22. The molecular weight excluding hydrogens is 300 g/mol. The molecule has 2 aromatic heterocycles. The van der Waals surface area contributed by atoms with Crippen LogP contribution in [0.1, 0.15) is 5.69 Å². The monoisotopic (exact) mass is 307 g/mol. The molecule has 10 heteroatoms. The second-order valence-electron chi connectivity index (χ2n) is 3.50. The van der Waals surface area contributed by atoms with Gasteiger partial charge in [-0.15, -0.1) is 0 Å². The predicted molar refractivity (Wildman–Crippen MR) is 64.6 cm³/mol. The first-order chi connectivity index (χ1) is 8.79. The second-order valence-corrected chi connectivity index (χ2v) is 6.37. The highest BCUT2D eigenvalue weighted by atomic mass is 32.2. The maximum absolute atomic E-state index is 13.3. The molecule has 2 heterocycles. The van der Waals surface area contributed by atoms with E-state index in [0.29, 0.717) is 11.3 Å². The van der Waals surface area contributed by atoms with E-state index in [2.05, 4.69) is 9.97 Å².